The monoisotopic (exact) mass is 153 g/mol. The highest BCUT2D eigenvalue weighted by Crippen LogP contribution is 2.17. The third kappa shape index (κ3) is 1.80. The molecule has 0 aromatic carbocycles. The molecule has 1 rings (SSSR count). The van der Waals surface area contributed by atoms with Crippen molar-refractivity contribution in [2.45, 2.75) is 6.92 Å². The summed E-state index contributed by atoms with van der Waals surface area (Å²) in [6, 6.07) is 0. The van der Waals surface area contributed by atoms with E-state index in [4.69, 9.17) is 4.74 Å². The molecule has 4 heteroatoms. The van der Waals surface area contributed by atoms with Crippen LogP contribution in [0.3, 0.4) is 0 Å². The molecule has 0 radical (unpaired) electrons. The molecule has 0 amide bonds. The Balaban J connectivity index is 2.83. The first kappa shape index (κ1) is 7.78. The second-order valence-corrected chi connectivity index (χ2v) is 1.92. The van der Waals surface area contributed by atoms with Crippen LogP contribution in [0.5, 0.6) is 5.88 Å². The van der Waals surface area contributed by atoms with Gasteiger partial charge in [-0.05, 0) is 6.92 Å². The molecule has 0 atom stereocenters. The van der Waals surface area contributed by atoms with Gasteiger partial charge in [0.05, 0.1) is 12.8 Å². The number of anilines is 1. The van der Waals surface area contributed by atoms with Gasteiger partial charge in [-0.25, -0.2) is 9.97 Å². The number of hydrogen-bond donors (Lipinski definition) is 1. The first-order chi connectivity index (χ1) is 5.38. The molecule has 60 valence electrons. The Morgan fingerprint density at radius 3 is 3.09 bits per heavy atom. The molecular formula is C7H11N3O. The zero-order valence-electron chi connectivity index (χ0n) is 6.66. The molecule has 0 fully saturated rings. The standard InChI is InChI=1S/C7H11N3O/c1-3-11-7-6(8-2)4-9-5-10-7/h4-5,8H,3H2,1-2H3. The zero-order valence-corrected chi connectivity index (χ0v) is 6.66. The fourth-order valence-electron chi connectivity index (χ4n) is 0.742. The molecule has 0 saturated carbocycles. The Bertz CT molecular complexity index is 227. The number of nitrogens with zero attached hydrogens (tertiary/aromatic N) is 2. The van der Waals surface area contributed by atoms with E-state index in [2.05, 4.69) is 15.3 Å². The Morgan fingerprint density at radius 1 is 1.64 bits per heavy atom. The molecule has 0 saturated heterocycles. The summed E-state index contributed by atoms with van der Waals surface area (Å²) in [6.07, 6.45) is 3.14. The number of rotatable bonds is 3. The van der Waals surface area contributed by atoms with Crippen LogP contribution in [0.25, 0.3) is 0 Å². The van der Waals surface area contributed by atoms with Gasteiger partial charge < -0.3 is 10.1 Å². The molecule has 0 aliphatic carbocycles. The van der Waals surface area contributed by atoms with Gasteiger partial charge in [0, 0.05) is 7.05 Å². The molecule has 0 aliphatic heterocycles. The van der Waals surface area contributed by atoms with Crippen molar-refractivity contribution >= 4 is 5.69 Å². The third-order valence-electron chi connectivity index (χ3n) is 1.23. The highest BCUT2D eigenvalue weighted by molar-refractivity contribution is 5.49. The van der Waals surface area contributed by atoms with E-state index in [1.54, 1.807) is 13.2 Å². The van der Waals surface area contributed by atoms with Gasteiger partial charge in [0.25, 0.3) is 0 Å². The van der Waals surface area contributed by atoms with E-state index in [-0.39, 0.29) is 0 Å². The first-order valence-electron chi connectivity index (χ1n) is 3.49. The highest BCUT2D eigenvalue weighted by atomic mass is 16.5. The van der Waals surface area contributed by atoms with E-state index in [1.807, 2.05) is 6.92 Å². The van der Waals surface area contributed by atoms with Crippen molar-refractivity contribution in [3.05, 3.63) is 12.5 Å². The highest BCUT2D eigenvalue weighted by Gasteiger charge is 2.00. The van der Waals surface area contributed by atoms with Gasteiger partial charge in [-0.3, -0.25) is 0 Å². The smallest absolute Gasteiger partial charge is 0.240 e. The van der Waals surface area contributed by atoms with Crippen molar-refractivity contribution in [3.63, 3.8) is 0 Å². The number of aromatic nitrogens is 2. The van der Waals surface area contributed by atoms with E-state index in [0.717, 1.165) is 5.69 Å². The van der Waals surface area contributed by atoms with E-state index in [0.29, 0.717) is 12.5 Å². The minimum Gasteiger partial charge on any atom is -0.476 e. The lowest BCUT2D eigenvalue weighted by Gasteiger charge is -2.05. The van der Waals surface area contributed by atoms with E-state index < -0.39 is 0 Å². The summed E-state index contributed by atoms with van der Waals surface area (Å²) >= 11 is 0. The maximum Gasteiger partial charge on any atom is 0.240 e. The maximum atomic E-state index is 5.21. The third-order valence-corrected chi connectivity index (χ3v) is 1.23. The summed E-state index contributed by atoms with van der Waals surface area (Å²) < 4.78 is 5.21. The van der Waals surface area contributed by atoms with Crippen LogP contribution in [-0.4, -0.2) is 23.6 Å². The van der Waals surface area contributed by atoms with Crippen molar-refractivity contribution in [1.29, 1.82) is 0 Å². The van der Waals surface area contributed by atoms with Gasteiger partial charge in [-0.1, -0.05) is 0 Å². The van der Waals surface area contributed by atoms with Crippen LogP contribution in [-0.2, 0) is 0 Å². The SMILES string of the molecule is CCOc1ncncc1NC. The zero-order chi connectivity index (χ0) is 8.10. The van der Waals surface area contributed by atoms with Crippen LogP contribution >= 0.6 is 0 Å². The molecule has 0 unspecified atom stereocenters. The summed E-state index contributed by atoms with van der Waals surface area (Å²) in [6.45, 7) is 2.53. The molecular weight excluding hydrogens is 142 g/mol. The van der Waals surface area contributed by atoms with E-state index in [9.17, 15) is 0 Å². The lowest BCUT2D eigenvalue weighted by Crippen LogP contribution is -1.99. The quantitative estimate of drug-likeness (QED) is 0.701. The average Bonchev–Trinajstić information content (AvgIpc) is 2.06. The van der Waals surface area contributed by atoms with Crippen molar-refractivity contribution in [2.75, 3.05) is 19.0 Å². The Hall–Kier alpha value is -1.32. The minimum atomic E-state index is 0.602. The summed E-state index contributed by atoms with van der Waals surface area (Å²) in [5.74, 6) is 0.602. The van der Waals surface area contributed by atoms with Crippen molar-refractivity contribution < 1.29 is 4.74 Å². The van der Waals surface area contributed by atoms with Gasteiger partial charge in [-0.2, -0.15) is 0 Å². The average molecular weight is 153 g/mol. The molecule has 1 aromatic heterocycles. The fourth-order valence-corrected chi connectivity index (χ4v) is 0.742. The minimum absolute atomic E-state index is 0.602. The Morgan fingerprint density at radius 2 is 2.45 bits per heavy atom. The molecule has 11 heavy (non-hydrogen) atoms. The molecule has 0 aliphatic rings. The second-order valence-electron chi connectivity index (χ2n) is 1.92. The molecule has 0 bridgehead atoms. The van der Waals surface area contributed by atoms with Gasteiger partial charge in [-0.15, -0.1) is 0 Å². The van der Waals surface area contributed by atoms with Crippen molar-refractivity contribution in [1.82, 2.24) is 9.97 Å². The lowest BCUT2D eigenvalue weighted by atomic mass is 10.5. The summed E-state index contributed by atoms with van der Waals surface area (Å²) in [5, 5.41) is 2.93. The molecule has 1 N–H and O–H groups in total. The Kier molecular flexibility index (Phi) is 2.66. The fraction of sp³-hybridized carbons (Fsp3) is 0.429. The van der Waals surface area contributed by atoms with Crippen molar-refractivity contribution in [3.8, 4) is 5.88 Å². The molecule has 0 spiro atoms. The van der Waals surface area contributed by atoms with Gasteiger partial charge >= 0.3 is 0 Å². The predicted octanol–water partition coefficient (Wildman–Crippen LogP) is 0.917. The molecule has 4 nitrogen and oxygen atoms in total. The van der Waals surface area contributed by atoms with Crippen LogP contribution in [0.15, 0.2) is 12.5 Å². The number of nitrogens with one attached hydrogen (secondary N) is 1. The van der Waals surface area contributed by atoms with Gasteiger partial charge in [0.2, 0.25) is 5.88 Å². The van der Waals surface area contributed by atoms with Crippen LogP contribution in [0.2, 0.25) is 0 Å². The van der Waals surface area contributed by atoms with Crippen molar-refractivity contribution in [2.24, 2.45) is 0 Å². The molecule has 1 heterocycles. The first-order valence-corrected chi connectivity index (χ1v) is 3.49. The van der Waals surface area contributed by atoms with Crippen LogP contribution in [0.1, 0.15) is 6.92 Å². The van der Waals surface area contributed by atoms with Gasteiger partial charge in [0.1, 0.15) is 12.0 Å². The normalized spacial score (nSPS) is 9.27. The van der Waals surface area contributed by atoms with E-state index in [1.165, 1.54) is 6.33 Å². The summed E-state index contributed by atoms with van der Waals surface area (Å²) in [5.41, 5.74) is 0.814. The number of hydrogen-bond acceptors (Lipinski definition) is 4. The maximum absolute atomic E-state index is 5.21. The summed E-state index contributed by atoms with van der Waals surface area (Å²) in [4.78, 5) is 7.79. The van der Waals surface area contributed by atoms with Crippen LogP contribution < -0.4 is 10.1 Å². The predicted molar refractivity (Wildman–Crippen MR) is 42.7 cm³/mol. The largest absolute Gasteiger partial charge is 0.476 e. The van der Waals surface area contributed by atoms with Crippen LogP contribution in [0.4, 0.5) is 5.69 Å². The van der Waals surface area contributed by atoms with Gasteiger partial charge in [0.15, 0.2) is 0 Å². The Labute approximate surface area is 65.6 Å². The lowest BCUT2D eigenvalue weighted by molar-refractivity contribution is 0.328. The summed E-state index contributed by atoms with van der Waals surface area (Å²) in [7, 11) is 1.81. The van der Waals surface area contributed by atoms with E-state index >= 15 is 0 Å². The van der Waals surface area contributed by atoms with Crippen LogP contribution in [0, 0.1) is 0 Å². The second kappa shape index (κ2) is 3.75. The number of ether oxygens (including phenoxy) is 1. The topological polar surface area (TPSA) is 47.0 Å². The molecule has 1 aromatic rings.